The first-order chi connectivity index (χ1) is 9.24. The van der Waals surface area contributed by atoms with Gasteiger partial charge in [0.15, 0.2) is 0 Å². The van der Waals surface area contributed by atoms with Gasteiger partial charge in [-0.3, -0.25) is 4.98 Å². The van der Waals surface area contributed by atoms with Crippen molar-refractivity contribution in [1.29, 1.82) is 0 Å². The third kappa shape index (κ3) is 2.49. The van der Waals surface area contributed by atoms with Crippen LogP contribution >= 0.6 is 15.9 Å². The van der Waals surface area contributed by atoms with E-state index < -0.39 is 0 Å². The molecule has 0 saturated heterocycles. The molecule has 0 aliphatic rings. The number of aromatic nitrogens is 1. The molecule has 3 aromatic rings. The molecule has 0 aliphatic heterocycles. The number of rotatable bonds is 3. The maximum atomic E-state index is 5.39. The van der Waals surface area contributed by atoms with Gasteiger partial charge < -0.3 is 9.73 Å². The Morgan fingerprint density at radius 3 is 2.89 bits per heavy atom. The Hall–Kier alpha value is -1.81. The van der Waals surface area contributed by atoms with Crippen LogP contribution in [0.3, 0.4) is 0 Å². The van der Waals surface area contributed by atoms with E-state index in [-0.39, 0.29) is 0 Å². The highest BCUT2D eigenvalue weighted by molar-refractivity contribution is 9.10. The zero-order chi connectivity index (χ0) is 13.2. The summed E-state index contributed by atoms with van der Waals surface area (Å²) < 4.78 is 6.37. The molecule has 0 spiro atoms. The SMILES string of the molecule is Cc1ccc2cccc(NCc3occc3Br)c2n1. The van der Waals surface area contributed by atoms with E-state index in [1.165, 1.54) is 0 Å². The van der Waals surface area contributed by atoms with Crippen LogP contribution in [-0.2, 0) is 6.54 Å². The molecule has 0 saturated carbocycles. The van der Waals surface area contributed by atoms with Crippen LogP contribution in [0.5, 0.6) is 0 Å². The molecule has 0 atom stereocenters. The van der Waals surface area contributed by atoms with Crippen molar-refractivity contribution in [3.8, 4) is 0 Å². The molecule has 0 amide bonds. The average Bonchev–Trinajstić information content (AvgIpc) is 2.82. The lowest BCUT2D eigenvalue weighted by molar-refractivity contribution is 0.516. The highest BCUT2D eigenvalue weighted by Gasteiger charge is 2.06. The molecule has 0 fully saturated rings. The molecule has 2 heterocycles. The maximum Gasteiger partial charge on any atom is 0.136 e. The van der Waals surface area contributed by atoms with Crippen LogP contribution in [0, 0.1) is 6.92 Å². The monoisotopic (exact) mass is 316 g/mol. The summed E-state index contributed by atoms with van der Waals surface area (Å²) in [7, 11) is 0. The van der Waals surface area contributed by atoms with Crippen molar-refractivity contribution < 1.29 is 4.42 Å². The molecule has 0 radical (unpaired) electrons. The Morgan fingerprint density at radius 1 is 1.21 bits per heavy atom. The number of hydrogen-bond acceptors (Lipinski definition) is 3. The number of aryl methyl sites for hydroxylation is 1. The number of anilines is 1. The average molecular weight is 317 g/mol. The van der Waals surface area contributed by atoms with Gasteiger partial charge in [-0.15, -0.1) is 0 Å². The molecule has 0 aliphatic carbocycles. The molecular weight excluding hydrogens is 304 g/mol. The lowest BCUT2D eigenvalue weighted by Gasteiger charge is -2.08. The Morgan fingerprint density at radius 2 is 2.11 bits per heavy atom. The second kappa shape index (κ2) is 5.05. The van der Waals surface area contributed by atoms with Crippen LogP contribution in [-0.4, -0.2) is 4.98 Å². The molecule has 2 aromatic heterocycles. The zero-order valence-electron chi connectivity index (χ0n) is 10.5. The maximum absolute atomic E-state index is 5.39. The number of nitrogens with zero attached hydrogens (tertiary/aromatic N) is 1. The summed E-state index contributed by atoms with van der Waals surface area (Å²) in [4.78, 5) is 4.59. The lowest BCUT2D eigenvalue weighted by Crippen LogP contribution is -2.00. The normalized spacial score (nSPS) is 10.8. The highest BCUT2D eigenvalue weighted by Crippen LogP contribution is 2.24. The van der Waals surface area contributed by atoms with Crippen molar-refractivity contribution in [2.45, 2.75) is 13.5 Å². The minimum Gasteiger partial charge on any atom is -0.466 e. The topological polar surface area (TPSA) is 38.1 Å². The molecular formula is C15H13BrN2O. The Balaban J connectivity index is 1.92. The minimum atomic E-state index is 0.627. The van der Waals surface area contributed by atoms with Gasteiger partial charge in [-0.2, -0.15) is 0 Å². The van der Waals surface area contributed by atoms with Crippen molar-refractivity contribution in [2.75, 3.05) is 5.32 Å². The van der Waals surface area contributed by atoms with Gasteiger partial charge in [0.25, 0.3) is 0 Å². The number of hydrogen-bond donors (Lipinski definition) is 1. The first kappa shape index (κ1) is 12.2. The van der Waals surface area contributed by atoms with E-state index in [9.17, 15) is 0 Å². The van der Waals surface area contributed by atoms with Crippen molar-refractivity contribution in [2.24, 2.45) is 0 Å². The van der Waals surface area contributed by atoms with Gasteiger partial charge >= 0.3 is 0 Å². The number of fused-ring (bicyclic) bond motifs is 1. The summed E-state index contributed by atoms with van der Waals surface area (Å²) in [6, 6.07) is 12.1. The predicted molar refractivity (Wildman–Crippen MR) is 80.2 cm³/mol. The molecule has 3 rings (SSSR count). The highest BCUT2D eigenvalue weighted by atomic mass is 79.9. The van der Waals surface area contributed by atoms with E-state index in [0.717, 1.165) is 32.5 Å². The van der Waals surface area contributed by atoms with Gasteiger partial charge in [-0.1, -0.05) is 18.2 Å². The van der Waals surface area contributed by atoms with Gasteiger partial charge in [0, 0.05) is 11.1 Å². The lowest BCUT2D eigenvalue weighted by atomic mass is 10.1. The molecule has 1 aromatic carbocycles. The second-order valence-corrected chi connectivity index (χ2v) is 5.23. The quantitative estimate of drug-likeness (QED) is 0.772. The van der Waals surface area contributed by atoms with Crippen LogP contribution in [0.25, 0.3) is 10.9 Å². The summed E-state index contributed by atoms with van der Waals surface area (Å²) in [5.41, 5.74) is 3.02. The largest absolute Gasteiger partial charge is 0.466 e. The number of halogens is 1. The van der Waals surface area contributed by atoms with Crippen molar-refractivity contribution in [3.05, 3.63) is 58.6 Å². The van der Waals surface area contributed by atoms with Gasteiger partial charge in [0.05, 0.1) is 28.5 Å². The molecule has 3 nitrogen and oxygen atoms in total. The zero-order valence-corrected chi connectivity index (χ0v) is 12.1. The number of furan rings is 1. The third-order valence-corrected chi connectivity index (χ3v) is 3.70. The predicted octanol–water partition coefficient (Wildman–Crippen LogP) is 4.51. The Labute approximate surface area is 119 Å². The summed E-state index contributed by atoms with van der Waals surface area (Å²) in [5, 5.41) is 4.51. The van der Waals surface area contributed by atoms with E-state index in [4.69, 9.17) is 4.42 Å². The number of benzene rings is 1. The summed E-state index contributed by atoms with van der Waals surface area (Å²) >= 11 is 3.45. The fourth-order valence-corrected chi connectivity index (χ4v) is 2.36. The molecule has 0 unspecified atom stereocenters. The summed E-state index contributed by atoms with van der Waals surface area (Å²) in [5.74, 6) is 0.879. The minimum absolute atomic E-state index is 0.627. The first-order valence-electron chi connectivity index (χ1n) is 6.06. The van der Waals surface area contributed by atoms with Gasteiger partial charge in [0.2, 0.25) is 0 Å². The van der Waals surface area contributed by atoms with E-state index >= 15 is 0 Å². The fraction of sp³-hybridized carbons (Fsp3) is 0.133. The van der Waals surface area contributed by atoms with Gasteiger partial charge in [-0.05, 0) is 41.1 Å². The second-order valence-electron chi connectivity index (χ2n) is 4.38. The Bertz CT molecular complexity index is 721. The van der Waals surface area contributed by atoms with Crippen LogP contribution in [0.4, 0.5) is 5.69 Å². The van der Waals surface area contributed by atoms with E-state index in [2.05, 4.69) is 38.4 Å². The number of pyridine rings is 1. The third-order valence-electron chi connectivity index (χ3n) is 2.99. The summed E-state index contributed by atoms with van der Waals surface area (Å²) in [6.45, 7) is 2.63. The van der Waals surface area contributed by atoms with Gasteiger partial charge in [-0.25, -0.2) is 0 Å². The summed E-state index contributed by atoms with van der Waals surface area (Å²) in [6.07, 6.45) is 1.67. The Kier molecular flexibility index (Phi) is 3.25. The van der Waals surface area contributed by atoms with E-state index in [0.29, 0.717) is 6.54 Å². The van der Waals surface area contributed by atoms with Crippen LogP contribution in [0.1, 0.15) is 11.5 Å². The molecule has 0 bridgehead atoms. The van der Waals surface area contributed by atoms with Gasteiger partial charge in [0.1, 0.15) is 5.76 Å². The van der Waals surface area contributed by atoms with Crippen LogP contribution < -0.4 is 5.32 Å². The van der Waals surface area contributed by atoms with Crippen LogP contribution in [0.2, 0.25) is 0 Å². The fourth-order valence-electron chi connectivity index (χ4n) is 2.01. The number of para-hydroxylation sites is 1. The first-order valence-corrected chi connectivity index (χ1v) is 6.85. The molecule has 96 valence electrons. The molecule has 1 N–H and O–H groups in total. The van der Waals surface area contributed by atoms with Crippen molar-refractivity contribution in [1.82, 2.24) is 4.98 Å². The van der Waals surface area contributed by atoms with E-state index in [1.54, 1.807) is 6.26 Å². The van der Waals surface area contributed by atoms with E-state index in [1.807, 2.05) is 31.2 Å². The molecule has 4 heteroatoms. The van der Waals surface area contributed by atoms with Crippen molar-refractivity contribution >= 4 is 32.5 Å². The number of nitrogens with one attached hydrogen (secondary N) is 1. The standard InChI is InChI=1S/C15H13BrN2O/c1-10-5-6-11-3-2-4-13(15(11)18-10)17-9-14-12(16)7-8-19-14/h2-8,17H,9H2,1H3. The smallest absolute Gasteiger partial charge is 0.136 e. The van der Waals surface area contributed by atoms with Crippen LogP contribution in [0.15, 0.2) is 51.6 Å². The molecule has 19 heavy (non-hydrogen) atoms. The van der Waals surface area contributed by atoms with Crippen molar-refractivity contribution in [3.63, 3.8) is 0 Å².